The smallest absolute Gasteiger partial charge is 0.251 e. The van der Waals surface area contributed by atoms with Gasteiger partial charge in [0.15, 0.2) is 0 Å². The van der Waals surface area contributed by atoms with Crippen molar-refractivity contribution in [1.82, 2.24) is 0 Å². The quantitative estimate of drug-likeness (QED) is 0.833. The van der Waals surface area contributed by atoms with E-state index in [1.165, 1.54) is 18.2 Å². The number of nitrogens with two attached hydrogens (primary N) is 1. The van der Waals surface area contributed by atoms with Gasteiger partial charge in [-0.3, -0.25) is 0 Å². The lowest BCUT2D eigenvalue weighted by atomic mass is 9.77. The van der Waals surface area contributed by atoms with Gasteiger partial charge < -0.3 is 10.8 Å². The lowest BCUT2D eigenvalue weighted by Crippen LogP contribution is -2.50. The Morgan fingerprint density at radius 2 is 1.95 bits per heavy atom. The summed E-state index contributed by atoms with van der Waals surface area (Å²) < 4.78 is 53.7. The van der Waals surface area contributed by atoms with Crippen molar-refractivity contribution in [2.45, 2.75) is 30.4 Å². The van der Waals surface area contributed by atoms with E-state index in [-0.39, 0.29) is 5.56 Å². The first-order chi connectivity index (χ1) is 8.80. The molecule has 106 valence electrons. The van der Waals surface area contributed by atoms with Gasteiger partial charge in [-0.2, -0.15) is 0 Å². The highest BCUT2D eigenvalue weighted by Gasteiger charge is 2.54. The molecule has 19 heavy (non-hydrogen) atoms. The molecule has 1 aromatic rings. The van der Waals surface area contributed by atoms with Gasteiger partial charge in [-0.1, -0.05) is 18.2 Å². The molecule has 0 heterocycles. The van der Waals surface area contributed by atoms with Crippen LogP contribution in [-0.4, -0.2) is 23.8 Å². The molecule has 3 atom stereocenters. The van der Waals surface area contributed by atoms with Gasteiger partial charge in [-0.25, -0.2) is 17.6 Å². The second-order valence-corrected chi connectivity index (χ2v) is 5.09. The Bertz CT molecular complexity index is 468. The minimum Gasteiger partial charge on any atom is -0.393 e. The largest absolute Gasteiger partial charge is 0.393 e. The van der Waals surface area contributed by atoms with Gasteiger partial charge in [-0.05, 0) is 6.07 Å². The molecule has 1 aliphatic rings. The summed E-state index contributed by atoms with van der Waals surface area (Å²) >= 11 is 0. The van der Waals surface area contributed by atoms with Crippen molar-refractivity contribution in [2.24, 2.45) is 11.7 Å². The molecule has 6 heteroatoms. The number of alkyl halides is 3. The zero-order valence-electron chi connectivity index (χ0n) is 10.1. The normalized spacial score (nSPS) is 29.2. The fourth-order valence-corrected chi connectivity index (χ4v) is 2.72. The molecule has 2 rings (SSSR count). The van der Waals surface area contributed by atoms with E-state index in [1.54, 1.807) is 0 Å². The fourth-order valence-electron chi connectivity index (χ4n) is 2.72. The van der Waals surface area contributed by atoms with Crippen LogP contribution in [-0.2, 0) is 5.54 Å². The van der Waals surface area contributed by atoms with Crippen molar-refractivity contribution in [1.29, 1.82) is 0 Å². The van der Waals surface area contributed by atoms with Gasteiger partial charge in [0, 0.05) is 24.3 Å². The van der Waals surface area contributed by atoms with Crippen LogP contribution in [0.3, 0.4) is 0 Å². The molecule has 3 unspecified atom stereocenters. The Kier molecular flexibility index (Phi) is 3.57. The molecule has 0 spiro atoms. The maximum atomic E-state index is 13.7. The molecular weight excluding hydrogens is 262 g/mol. The summed E-state index contributed by atoms with van der Waals surface area (Å²) in [6, 6.07) is 5.20. The Balaban J connectivity index is 2.41. The summed E-state index contributed by atoms with van der Waals surface area (Å²) in [6.07, 6.45) is -2.97. The molecule has 1 fully saturated rings. The summed E-state index contributed by atoms with van der Waals surface area (Å²) in [5.41, 5.74) is 3.71. The predicted molar refractivity (Wildman–Crippen MR) is 61.9 cm³/mol. The molecular formula is C13H15F4NO. The maximum absolute atomic E-state index is 13.7. The molecule has 1 aromatic carbocycles. The van der Waals surface area contributed by atoms with Gasteiger partial charge >= 0.3 is 0 Å². The number of hydrogen-bond donors (Lipinski definition) is 2. The van der Waals surface area contributed by atoms with E-state index in [2.05, 4.69) is 0 Å². The molecule has 0 amide bonds. The Morgan fingerprint density at radius 1 is 1.32 bits per heavy atom. The molecule has 0 aliphatic heterocycles. The average molecular weight is 277 g/mol. The highest BCUT2D eigenvalue weighted by molar-refractivity contribution is 5.28. The van der Waals surface area contributed by atoms with Crippen molar-refractivity contribution < 1.29 is 22.7 Å². The number of hydrogen-bond acceptors (Lipinski definition) is 2. The first-order valence-electron chi connectivity index (χ1n) is 5.96. The average Bonchev–Trinajstić information content (AvgIpc) is 2.63. The number of halogens is 4. The number of aliphatic hydroxyl groups is 1. The van der Waals surface area contributed by atoms with Crippen molar-refractivity contribution in [2.75, 3.05) is 6.67 Å². The lowest BCUT2D eigenvalue weighted by Gasteiger charge is -2.35. The van der Waals surface area contributed by atoms with E-state index in [0.717, 1.165) is 6.07 Å². The summed E-state index contributed by atoms with van der Waals surface area (Å²) in [5.74, 6) is -5.08. The first kappa shape index (κ1) is 14.3. The number of benzene rings is 1. The van der Waals surface area contributed by atoms with Crippen LogP contribution in [0.4, 0.5) is 17.6 Å². The van der Waals surface area contributed by atoms with E-state index in [9.17, 15) is 22.7 Å². The SMILES string of the molecule is NC(CF)(c1ccccc1F)C1CC(F)(F)CC1O. The van der Waals surface area contributed by atoms with Crippen LogP contribution < -0.4 is 5.73 Å². The van der Waals surface area contributed by atoms with Crippen molar-refractivity contribution in [3.8, 4) is 0 Å². The van der Waals surface area contributed by atoms with Gasteiger partial charge in [0.05, 0.1) is 11.6 Å². The molecule has 0 saturated heterocycles. The van der Waals surface area contributed by atoms with E-state index >= 15 is 0 Å². The Morgan fingerprint density at radius 3 is 2.42 bits per heavy atom. The van der Waals surface area contributed by atoms with Crippen LogP contribution in [0, 0.1) is 11.7 Å². The summed E-state index contributed by atoms with van der Waals surface area (Å²) in [5, 5.41) is 9.69. The third-order valence-electron chi connectivity index (χ3n) is 3.75. The van der Waals surface area contributed by atoms with Crippen molar-refractivity contribution >= 4 is 0 Å². The van der Waals surface area contributed by atoms with Crippen LogP contribution >= 0.6 is 0 Å². The molecule has 2 nitrogen and oxygen atoms in total. The molecule has 0 bridgehead atoms. The third kappa shape index (κ3) is 2.47. The second kappa shape index (κ2) is 4.76. The topological polar surface area (TPSA) is 46.2 Å². The fraction of sp³-hybridized carbons (Fsp3) is 0.538. The molecule has 1 aliphatic carbocycles. The summed E-state index contributed by atoms with van der Waals surface area (Å²) in [6.45, 7) is -1.22. The predicted octanol–water partition coefficient (Wildman–Crippen LogP) is 2.36. The monoisotopic (exact) mass is 277 g/mol. The molecule has 3 N–H and O–H groups in total. The minimum atomic E-state index is -3.10. The van der Waals surface area contributed by atoms with Crippen LogP contribution in [0.5, 0.6) is 0 Å². The highest BCUT2D eigenvalue weighted by Crippen LogP contribution is 2.47. The summed E-state index contributed by atoms with van der Waals surface area (Å²) in [7, 11) is 0. The highest BCUT2D eigenvalue weighted by atomic mass is 19.3. The Labute approximate surface area is 108 Å². The Hall–Kier alpha value is -1.14. The van der Waals surface area contributed by atoms with E-state index < -0.39 is 48.8 Å². The van der Waals surface area contributed by atoms with Gasteiger partial charge in [0.2, 0.25) is 0 Å². The van der Waals surface area contributed by atoms with Crippen molar-refractivity contribution in [3.63, 3.8) is 0 Å². The number of rotatable bonds is 3. The van der Waals surface area contributed by atoms with E-state index in [4.69, 9.17) is 5.73 Å². The second-order valence-electron chi connectivity index (χ2n) is 5.09. The van der Waals surface area contributed by atoms with E-state index in [0.29, 0.717) is 0 Å². The van der Waals surface area contributed by atoms with Crippen LogP contribution in [0.25, 0.3) is 0 Å². The standard InChI is InChI=1S/C13H15F4NO/c14-7-13(18,8-3-1-2-4-10(8)15)9-5-12(16,17)6-11(9)19/h1-4,9,11,19H,5-7,18H2. The zero-order valence-corrected chi connectivity index (χ0v) is 10.1. The van der Waals surface area contributed by atoms with Crippen molar-refractivity contribution in [3.05, 3.63) is 35.6 Å². The molecule has 0 radical (unpaired) electrons. The number of aliphatic hydroxyl groups excluding tert-OH is 1. The van der Waals surface area contributed by atoms with Gasteiger partial charge in [0.1, 0.15) is 12.5 Å². The van der Waals surface area contributed by atoms with Gasteiger partial charge in [-0.15, -0.1) is 0 Å². The molecule has 1 saturated carbocycles. The minimum absolute atomic E-state index is 0.181. The van der Waals surface area contributed by atoms with E-state index in [1.807, 2.05) is 0 Å². The van der Waals surface area contributed by atoms with Crippen LogP contribution in [0.1, 0.15) is 18.4 Å². The zero-order chi connectivity index (χ0) is 14.3. The molecule has 0 aromatic heterocycles. The third-order valence-corrected chi connectivity index (χ3v) is 3.75. The maximum Gasteiger partial charge on any atom is 0.251 e. The first-order valence-corrected chi connectivity index (χ1v) is 5.96. The van der Waals surface area contributed by atoms with Crippen LogP contribution in [0.15, 0.2) is 24.3 Å². The van der Waals surface area contributed by atoms with Gasteiger partial charge in [0.25, 0.3) is 5.92 Å². The summed E-state index contributed by atoms with van der Waals surface area (Å²) in [4.78, 5) is 0. The lowest BCUT2D eigenvalue weighted by molar-refractivity contribution is -0.00477. The van der Waals surface area contributed by atoms with Crippen LogP contribution in [0.2, 0.25) is 0 Å².